The number of methoxy groups -OCH3 is 1. The fourth-order valence-electron chi connectivity index (χ4n) is 3.37. The highest BCUT2D eigenvalue weighted by atomic mass is 32.2. The average molecular weight is 452 g/mol. The minimum absolute atomic E-state index is 0.0535. The van der Waals surface area contributed by atoms with E-state index in [1.54, 1.807) is 55.6 Å². The lowest BCUT2D eigenvalue weighted by Crippen LogP contribution is -2.21. The summed E-state index contributed by atoms with van der Waals surface area (Å²) in [6.45, 7) is 0. The Morgan fingerprint density at radius 3 is 2.50 bits per heavy atom. The molecule has 9 heteroatoms. The number of aryl methyl sites for hydroxylation is 1. The standard InChI is InChI=1S/C23H21N3O5S/c1-31-17-9-7-16(8-10-17)24-23(28)19-4-2-3-5-21(19)26-32(29,30)18-11-12-20-15(14-18)6-13-22(27)25-20/h2-5,7-12,14,26H,6,13H2,1H3,(H,24,28)(H,25,27). The van der Waals surface area contributed by atoms with Crippen LogP contribution in [0.25, 0.3) is 0 Å². The maximum atomic E-state index is 13.0. The largest absolute Gasteiger partial charge is 0.497 e. The molecule has 0 saturated carbocycles. The predicted molar refractivity (Wildman–Crippen MR) is 122 cm³/mol. The minimum atomic E-state index is -3.96. The number of rotatable bonds is 6. The van der Waals surface area contributed by atoms with E-state index in [0.717, 1.165) is 5.56 Å². The second-order valence-corrected chi connectivity index (χ2v) is 8.88. The number of amides is 2. The van der Waals surface area contributed by atoms with E-state index < -0.39 is 15.9 Å². The van der Waals surface area contributed by atoms with Crippen LogP contribution in [0.2, 0.25) is 0 Å². The van der Waals surface area contributed by atoms with Crippen LogP contribution in [-0.2, 0) is 21.2 Å². The third-order valence-corrected chi connectivity index (χ3v) is 6.41. The van der Waals surface area contributed by atoms with Gasteiger partial charge in [-0.15, -0.1) is 0 Å². The topological polar surface area (TPSA) is 114 Å². The zero-order chi connectivity index (χ0) is 22.7. The average Bonchev–Trinajstić information content (AvgIpc) is 2.79. The lowest BCUT2D eigenvalue weighted by Gasteiger charge is -2.18. The lowest BCUT2D eigenvalue weighted by molar-refractivity contribution is -0.116. The second kappa shape index (κ2) is 8.72. The summed E-state index contributed by atoms with van der Waals surface area (Å²) in [5.41, 5.74) is 2.24. The van der Waals surface area contributed by atoms with Crippen LogP contribution in [0, 0.1) is 0 Å². The van der Waals surface area contributed by atoms with Crippen LogP contribution < -0.4 is 20.1 Å². The highest BCUT2D eigenvalue weighted by Gasteiger charge is 2.22. The van der Waals surface area contributed by atoms with Crippen molar-refractivity contribution in [2.45, 2.75) is 17.7 Å². The number of carbonyl (C=O) groups is 2. The van der Waals surface area contributed by atoms with E-state index in [2.05, 4.69) is 15.4 Å². The van der Waals surface area contributed by atoms with Gasteiger partial charge in [-0.3, -0.25) is 14.3 Å². The summed E-state index contributed by atoms with van der Waals surface area (Å²) in [6, 6.07) is 17.7. The van der Waals surface area contributed by atoms with E-state index in [1.165, 1.54) is 18.2 Å². The van der Waals surface area contributed by atoms with Crippen molar-refractivity contribution in [3.8, 4) is 5.75 Å². The number of ether oxygens (including phenoxy) is 1. The molecule has 0 fully saturated rings. The molecule has 3 aromatic rings. The Hall–Kier alpha value is -3.85. The molecule has 0 radical (unpaired) electrons. The molecule has 1 aliphatic rings. The van der Waals surface area contributed by atoms with Gasteiger partial charge in [0.25, 0.3) is 15.9 Å². The Labute approximate surface area is 185 Å². The van der Waals surface area contributed by atoms with Crippen molar-refractivity contribution in [2.75, 3.05) is 22.5 Å². The number of anilines is 3. The Bertz CT molecular complexity index is 1290. The van der Waals surface area contributed by atoms with Crippen LogP contribution in [0.15, 0.2) is 71.6 Å². The first-order valence-electron chi connectivity index (χ1n) is 9.86. The molecular formula is C23H21N3O5S. The van der Waals surface area contributed by atoms with E-state index in [1.807, 2.05) is 0 Å². The van der Waals surface area contributed by atoms with E-state index in [9.17, 15) is 18.0 Å². The van der Waals surface area contributed by atoms with Crippen LogP contribution in [0.5, 0.6) is 5.75 Å². The SMILES string of the molecule is COc1ccc(NC(=O)c2ccccc2NS(=O)(=O)c2ccc3c(c2)CCC(=O)N3)cc1. The van der Waals surface area contributed by atoms with Gasteiger partial charge >= 0.3 is 0 Å². The summed E-state index contributed by atoms with van der Waals surface area (Å²) in [4.78, 5) is 24.4. The van der Waals surface area contributed by atoms with Crippen LogP contribution in [0.1, 0.15) is 22.3 Å². The molecule has 1 aliphatic heterocycles. The van der Waals surface area contributed by atoms with Crippen molar-refractivity contribution in [2.24, 2.45) is 0 Å². The molecule has 8 nitrogen and oxygen atoms in total. The summed E-state index contributed by atoms with van der Waals surface area (Å²) < 4.78 is 33.6. The molecule has 0 aromatic heterocycles. The van der Waals surface area contributed by atoms with Gasteiger partial charge in [-0.25, -0.2) is 8.42 Å². The number of para-hydroxylation sites is 1. The first-order valence-corrected chi connectivity index (χ1v) is 11.3. The highest BCUT2D eigenvalue weighted by Crippen LogP contribution is 2.27. The van der Waals surface area contributed by atoms with Crippen molar-refractivity contribution in [1.82, 2.24) is 0 Å². The number of nitrogens with one attached hydrogen (secondary N) is 3. The van der Waals surface area contributed by atoms with E-state index in [0.29, 0.717) is 30.0 Å². The predicted octanol–water partition coefficient (Wildman–Crippen LogP) is 3.63. The monoisotopic (exact) mass is 451 g/mol. The Kier molecular flexibility index (Phi) is 5.83. The molecule has 164 valence electrons. The molecule has 32 heavy (non-hydrogen) atoms. The van der Waals surface area contributed by atoms with Gasteiger partial charge in [-0.05, 0) is 66.6 Å². The molecule has 3 N–H and O–H groups in total. The lowest BCUT2D eigenvalue weighted by atomic mass is 10.0. The maximum absolute atomic E-state index is 13.0. The first-order chi connectivity index (χ1) is 15.4. The summed E-state index contributed by atoms with van der Waals surface area (Å²) in [7, 11) is -2.41. The normalized spacial score (nSPS) is 13.0. The van der Waals surface area contributed by atoms with E-state index in [4.69, 9.17) is 4.74 Å². The van der Waals surface area contributed by atoms with Crippen LogP contribution >= 0.6 is 0 Å². The Morgan fingerprint density at radius 1 is 1.00 bits per heavy atom. The molecule has 4 rings (SSSR count). The van der Waals surface area contributed by atoms with Crippen LogP contribution in [0.4, 0.5) is 17.1 Å². The zero-order valence-corrected chi connectivity index (χ0v) is 18.0. The summed E-state index contributed by atoms with van der Waals surface area (Å²) >= 11 is 0. The quantitative estimate of drug-likeness (QED) is 0.530. The van der Waals surface area contributed by atoms with Gasteiger partial charge in [0.2, 0.25) is 5.91 Å². The van der Waals surface area contributed by atoms with Crippen LogP contribution in [0.3, 0.4) is 0 Å². The highest BCUT2D eigenvalue weighted by molar-refractivity contribution is 7.92. The van der Waals surface area contributed by atoms with E-state index in [-0.39, 0.29) is 22.1 Å². The molecule has 0 aliphatic carbocycles. The van der Waals surface area contributed by atoms with Gasteiger partial charge in [0.1, 0.15) is 5.75 Å². The summed E-state index contributed by atoms with van der Waals surface area (Å²) in [5, 5.41) is 5.48. The third-order valence-electron chi connectivity index (χ3n) is 5.05. The van der Waals surface area contributed by atoms with Crippen molar-refractivity contribution < 1.29 is 22.7 Å². The Morgan fingerprint density at radius 2 is 1.75 bits per heavy atom. The minimum Gasteiger partial charge on any atom is -0.497 e. The van der Waals surface area contributed by atoms with Crippen molar-refractivity contribution >= 4 is 38.9 Å². The van der Waals surface area contributed by atoms with Gasteiger partial charge in [0, 0.05) is 17.8 Å². The smallest absolute Gasteiger partial charge is 0.261 e. The molecular weight excluding hydrogens is 430 g/mol. The van der Waals surface area contributed by atoms with Crippen molar-refractivity contribution in [1.29, 1.82) is 0 Å². The number of hydrogen-bond acceptors (Lipinski definition) is 5. The summed E-state index contributed by atoms with van der Waals surface area (Å²) in [5.74, 6) is 0.102. The fraction of sp³-hybridized carbons (Fsp3) is 0.130. The maximum Gasteiger partial charge on any atom is 0.261 e. The molecule has 0 spiro atoms. The Balaban J connectivity index is 1.57. The molecule has 2 amide bonds. The van der Waals surface area contributed by atoms with Gasteiger partial charge in [-0.1, -0.05) is 12.1 Å². The first kappa shape index (κ1) is 21.4. The molecule has 0 bridgehead atoms. The summed E-state index contributed by atoms with van der Waals surface area (Å²) in [6.07, 6.45) is 0.768. The number of sulfonamides is 1. The fourth-order valence-corrected chi connectivity index (χ4v) is 4.50. The molecule has 0 saturated heterocycles. The van der Waals surface area contributed by atoms with Gasteiger partial charge < -0.3 is 15.4 Å². The van der Waals surface area contributed by atoms with Crippen LogP contribution in [-0.4, -0.2) is 27.3 Å². The van der Waals surface area contributed by atoms with Gasteiger partial charge in [0.15, 0.2) is 0 Å². The third kappa shape index (κ3) is 4.57. The van der Waals surface area contributed by atoms with Crippen molar-refractivity contribution in [3.63, 3.8) is 0 Å². The van der Waals surface area contributed by atoms with Crippen molar-refractivity contribution in [3.05, 3.63) is 77.9 Å². The van der Waals surface area contributed by atoms with Gasteiger partial charge in [-0.2, -0.15) is 0 Å². The number of fused-ring (bicyclic) bond motifs is 1. The van der Waals surface area contributed by atoms with E-state index >= 15 is 0 Å². The number of benzene rings is 3. The molecule has 0 atom stereocenters. The van der Waals surface area contributed by atoms with Gasteiger partial charge in [0.05, 0.1) is 23.3 Å². The molecule has 0 unspecified atom stereocenters. The molecule has 3 aromatic carbocycles. The number of hydrogen-bond donors (Lipinski definition) is 3. The second-order valence-electron chi connectivity index (χ2n) is 7.20. The molecule has 1 heterocycles. The number of carbonyl (C=O) groups excluding carboxylic acids is 2. The zero-order valence-electron chi connectivity index (χ0n) is 17.2.